The summed E-state index contributed by atoms with van der Waals surface area (Å²) in [7, 11) is 0. The van der Waals surface area contributed by atoms with Crippen molar-refractivity contribution in [1.29, 1.82) is 0 Å². The van der Waals surface area contributed by atoms with Crippen LogP contribution < -0.4 is 16.4 Å². The molecule has 5 nitrogen and oxygen atoms in total. The van der Waals surface area contributed by atoms with E-state index in [1.807, 2.05) is 12.1 Å². The summed E-state index contributed by atoms with van der Waals surface area (Å²) in [5.41, 5.74) is 8.38. The van der Waals surface area contributed by atoms with Crippen molar-refractivity contribution in [3.63, 3.8) is 0 Å². The lowest BCUT2D eigenvalue weighted by Gasteiger charge is -2.20. The number of anilines is 2. The molecule has 1 aliphatic rings. The van der Waals surface area contributed by atoms with Crippen LogP contribution in [0.2, 0.25) is 0 Å². The van der Waals surface area contributed by atoms with Crippen molar-refractivity contribution in [1.82, 2.24) is 0 Å². The highest BCUT2D eigenvalue weighted by Gasteiger charge is 2.20. The number of rotatable bonds is 3. The molecule has 5 heteroatoms. The fourth-order valence-corrected chi connectivity index (χ4v) is 2.10. The van der Waals surface area contributed by atoms with Crippen molar-refractivity contribution in [3.8, 4) is 0 Å². The standard InChI is InChI=1S/C14H19N3O2/c1-3-8(2)14(15)9-4-5-10-11(6-9)17-13(19)7-12(18)16-10/h4-6,8,14H,3,7,15H2,1-2H3,(H,16,18)(H,17,19). The average molecular weight is 261 g/mol. The number of hydrogen-bond donors (Lipinski definition) is 3. The fourth-order valence-electron chi connectivity index (χ4n) is 2.10. The first-order chi connectivity index (χ1) is 9.01. The van der Waals surface area contributed by atoms with E-state index < -0.39 is 0 Å². The van der Waals surface area contributed by atoms with E-state index in [2.05, 4.69) is 24.5 Å². The van der Waals surface area contributed by atoms with E-state index in [1.54, 1.807) is 6.07 Å². The van der Waals surface area contributed by atoms with Crippen molar-refractivity contribution in [2.24, 2.45) is 11.7 Å². The SMILES string of the molecule is CCC(C)C(N)c1ccc2c(c1)NC(=O)CC(=O)N2. The minimum absolute atomic E-state index is 0.0776. The first-order valence-corrected chi connectivity index (χ1v) is 6.50. The molecule has 1 aromatic rings. The lowest BCUT2D eigenvalue weighted by molar-refractivity contribution is -0.123. The number of carbonyl (C=O) groups is 2. The van der Waals surface area contributed by atoms with Crippen LogP contribution in [-0.2, 0) is 9.59 Å². The van der Waals surface area contributed by atoms with E-state index in [-0.39, 0.29) is 24.3 Å². The number of benzene rings is 1. The van der Waals surface area contributed by atoms with Crippen LogP contribution >= 0.6 is 0 Å². The molecule has 0 saturated carbocycles. The Bertz CT molecular complexity index is 513. The van der Waals surface area contributed by atoms with Crippen LogP contribution in [0.5, 0.6) is 0 Å². The van der Waals surface area contributed by atoms with Crippen molar-refractivity contribution >= 4 is 23.2 Å². The predicted octanol–water partition coefficient (Wildman–Crippen LogP) is 2.01. The predicted molar refractivity (Wildman–Crippen MR) is 74.7 cm³/mol. The largest absolute Gasteiger partial charge is 0.324 e. The van der Waals surface area contributed by atoms with Gasteiger partial charge in [0, 0.05) is 6.04 Å². The van der Waals surface area contributed by atoms with Crippen LogP contribution in [0.25, 0.3) is 0 Å². The molecule has 102 valence electrons. The lowest BCUT2D eigenvalue weighted by Crippen LogP contribution is -2.19. The molecule has 0 bridgehead atoms. The molecule has 1 aromatic carbocycles. The zero-order chi connectivity index (χ0) is 14.0. The Balaban J connectivity index is 2.33. The molecule has 2 unspecified atom stereocenters. The maximum atomic E-state index is 11.5. The fraction of sp³-hybridized carbons (Fsp3) is 0.429. The van der Waals surface area contributed by atoms with Crippen LogP contribution in [0.4, 0.5) is 11.4 Å². The number of amides is 2. The molecular weight excluding hydrogens is 242 g/mol. The quantitative estimate of drug-likeness (QED) is 0.728. The summed E-state index contributed by atoms with van der Waals surface area (Å²) in [6.07, 6.45) is 0.836. The zero-order valence-corrected chi connectivity index (χ0v) is 11.2. The van der Waals surface area contributed by atoms with Crippen molar-refractivity contribution in [3.05, 3.63) is 23.8 Å². The number of nitrogens with two attached hydrogens (primary N) is 1. The first kappa shape index (κ1) is 13.5. The molecule has 2 amide bonds. The molecule has 2 atom stereocenters. The Morgan fingerprint density at radius 3 is 2.47 bits per heavy atom. The van der Waals surface area contributed by atoms with E-state index in [0.29, 0.717) is 17.3 Å². The van der Waals surface area contributed by atoms with Crippen molar-refractivity contribution in [2.45, 2.75) is 32.7 Å². The highest BCUT2D eigenvalue weighted by molar-refractivity contribution is 6.13. The summed E-state index contributed by atoms with van der Waals surface area (Å²) in [6.45, 7) is 4.19. The maximum absolute atomic E-state index is 11.5. The Labute approximate surface area is 112 Å². The Morgan fingerprint density at radius 1 is 1.21 bits per heavy atom. The summed E-state index contributed by atoms with van der Waals surface area (Å²) in [6, 6.07) is 5.45. The summed E-state index contributed by atoms with van der Waals surface area (Å²) in [5, 5.41) is 5.43. The van der Waals surface area contributed by atoms with Gasteiger partial charge in [-0.3, -0.25) is 9.59 Å². The Morgan fingerprint density at radius 2 is 1.84 bits per heavy atom. The van der Waals surface area contributed by atoms with Gasteiger partial charge in [0.15, 0.2) is 0 Å². The summed E-state index contributed by atoms with van der Waals surface area (Å²) >= 11 is 0. The van der Waals surface area contributed by atoms with Gasteiger partial charge in [-0.2, -0.15) is 0 Å². The topological polar surface area (TPSA) is 84.2 Å². The van der Waals surface area contributed by atoms with Crippen molar-refractivity contribution in [2.75, 3.05) is 10.6 Å². The zero-order valence-electron chi connectivity index (χ0n) is 11.2. The van der Waals surface area contributed by atoms with Crippen LogP contribution in [0.1, 0.15) is 38.3 Å². The van der Waals surface area contributed by atoms with Gasteiger partial charge in [0.2, 0.25) is 11.8 Å². The molecule has 1 heterocycles. The van der Waals surface area contributed by atoms with Crippen molar-refractivity contribution < 1.29 is 9.59 Å². The third-order valence-electron chi connectivity index (χ3n) is 3.55. The van der Waals surface area contributed by atoms with E-state index in [9.17, 15) is 9.59 Å². The molecule has 0 saturated heterocycles. The molecule has 4 N–H and O–H groups in total. The van der Waals surface area contributed by atoms with Gasteiger partial charge in [0.1, 0.15) is 6.42 Å². The third kappa shape index (κ3) is 2.93. The first-order valence-electron chi connectivity index (χ1n) is 6.50. The van der Waals surface area contributed by atoms with Gasteiger partial charge in [0.25, 0.3) is 0 Å². The summed E-state index contributed by atoms with van der Waals surface area (Å²) in [5.74, 6) is -0.241. The number of carbonyl (C=O) groups excluding carboxylic acids is 2. The van der Waals surface area contributed by atoms with Gasteiger partial charge in [0.05, 0.1) is 11.4 Å². The van der Waals surface area contributed by atoms with Gasteiger partial charge >= 0.3 is 0 Å². The van der Waals surface area contributed by atoms with E-state index in [4.69, 9.17) is 5.73 Å². The molecule has 0 aliphatic carbocycles. The average Bonchev–Trinajstić information content (AvgIpc) is 2.52. The number of fused-ring (bicyclic) bond motifs is 1. The second-order valence-electron chi connectivity index (χ2n) is 4.99. The van der Waals surface area contributed by atoms with Crippen LogP contribution in [-0.4, -0.2) is 11.8 Å². The van der Waals surface area contributed by atoms with Crippen LogP contribution in [0.3, 0.4) is 0 Å². The molecule has 19 heavy (non-hydrogen) atoms. The van der Waals surface area contributed by atoms with Gasteiger partial charge in [-0.15, -0.1) is 0 Å². The van der Waals surface area contributed by atoms with Gasteiger partial charge < -0.3 is 16.4 Å². The monoisotopic (exact) mass is 261 g/mol. The molecule has 0 aromatic heterocycles. The van der Waals surface area contributed by atoms with Gasteiger partial charge in [-0.25, -0.2) is 0 Å². The van der Waals surface area contributed by atoms with E-state index in [1.165, 1.54) is 0 Å². The smallest absolute Gasteiger partial charge is 0.233 e. The Hall–Kier alpha value is -1.88. The molecule has 1 aliphatic heterocycles. The highest BCUT2D eigenvalue weighted by atomic mass is 16.2. The highest BCUT2D eigenvalue weighted by Crippen LogP contribution is 2.30. The molecular formula is C14H19N3O2. The van der Waals surface area contributed by atoms with Gasteiger partial charge in [-0.05, 0) is 23.6 Å². The minimum Gasteiger partial charge on any atom is -0.324 e. The van der Waals surface area contributed by atoms with Gasteiger partial charge in [-0.1, -0.05) is 26.3 Å². The Kier molecular flexibility index (Phi) is 3.85. The number of hydrogen-bond acceptors (Lipinski definition) is 3. The molecule has 0 radical (unpaired) electrons. The van der Waals surface area contributed by atoms with Crippen LogP contribution in [0, 0.1) is 5.92 Å². The molecule has 2 rings (SSSR count). The normalized spacial score (nSPS) is 17.8. The maximum Gasteiger partial charge on any atom is 0.233 e. The van der Waals surface area contributed by atoms with E-state index >= 15 is 0 Å². The second kappa shape index (κ2) is 5.40. The number of nitrogens with one attached hydrogen (secondary N) is 2. The minimum atomic E-state index is -0.300. The summed E-state index contributed by atoms with van der Waals surface area (Å²) in [4.78, 5) is 23.0. The summed E-state index contributed by atoms with van der Waals surface area (Å²) < 4.78 is 0. The molecule has 0 fully saturated rings. The van der Waals surface area contributed by atoms with E-state index in [0.717, 1.165) is 12.0 Å². The second-order valence-corrected chi connectivity index (χ2v) is 4.99. The molecule has 0 spiro atoms. The lowest BCUT2D eigenvalue weighted by atomic mass is 9.93. The van der Waals surface area contributed by atoms with Crippen LogP contribution in [0.15, 0.2) is 18.2 Å². The third-order valence-corrected chi connectivity index (χ3v) is 3.55.